The quantitative estimate of drug-likeness (QED) is 0.305. The van der Waals surface area contributed by atoms with Gasteiger partial charge in [-0.1, -0.05) is 53.7 Å². The number of nitrogens with one attached hydrogen (secondary N) is 1. The normalized spacial score (nSPS) is 11.0. The molecular formula is C25H22ClN3O2S. The first-order valence-electron chi connectivity index (χ1n) is 10.1. The van der Waals surface area contributed by atoms with E-state index in [9.17, 15) is 9.59 Å². The number of nitrogens with zero attached hydrogens (tertiary/aromatic N) is 2. The SMILES string of the molecule is Cc1ccc(NC(=O)CSc2nc3ccccc3c(=O)n2Cc2cccc(Cl)c2)cc1C. The highest BCUT2D eigenvalue weighted by molar-refractivity contribution is 7.99. The van der Waals surface area contributed by atoms with Gasteiger partial charge in [0.05, 0.1) is 23.2 Å². The van der Waals surface area contributed by atoms with Crippen LogP contribution in [-0.4, -0.2) is 21.2 Å². The lowest BCUT2D eigenvalue weighted by atomic mass is 10.1. The van der Waals surface area contributed by atoms with Gasteiger partial charge in [-0.15, -0.1) is 0 Å². The minimum Gasteiger partial charge on any atom is -0.325 e. The number of thioether (sulfide) groups is 1. The third-order valence-electron chi connectivity index (χ3n) is 5.18. The fourth-order valence-corrected chi connectivity index (χ4v) is 4.37. The molecule has 0 saturated heterocycles. The van der Waals surface area contributed by atoms with Crippen LogP contribution in [0, 0.1) is 13.8 Å². The Bertz CT molecular complexity index is 1370. The van der Waals surface area contributed by atoms with Gasteiger partial charge in [0.2, 0.25) is 5.91 Å². The van der Waals surface area contributed by atoms with Crippen LogP contribution in [0.2, 0.25) is 5.02 Å². The molecule has 4 aromatic rings. The van der Waals surface area contributed by atoms with Crippen LogP contribution in [0.15, 0.2) is 76.7 Å². The highest BCUT2D eigenvalue weighted by Gasteiger charge is 2.14. The van der Waals surface area contributed by atoms with E-state index in [0.29, 0.717) is 27.6 Å². The Kier molecular flexibility index (Phi) is 6.63. The molecule has 0 bridgehead atoms. The predicted octanol–water partition coefficient (Wildman–Crippen LogP) is 5.45. The van der Waals surface area contributed by atoms with E-state index in [0.717, 1.165) is 16.8 Å². The summed E-state index contributed by atoms with van der Waals surface area (Å²) in [6.45, 7) is 4.35. The van der Waals surface area contributed by atoms with Crippen LogP contribution in [0.25, 0.3) is 10.9 Å². The Morgan fingerprint density at radius 3 is 2.62 bits per heavy atom. The zero-order chi connectivity index (χ0) is 22.7. The van der Waals surface area contributed by atoms with Crippen molar-refractivity contribution in [2.75, 3.05) is 11.1 Å². The molecule has 0 aliphatic rings. The van der Waals surface area contributed by atoms with Crippen molar-refractivity contribution in [1.82, 2.24) is 9.55 Å². The molecule has 0 fully saturated rings. The van der Waals surface area contributed by atoms with Gasteiger partial charge < -0.3 is 5.32 Å². The Labute approximate surface area is 195 Å². The van der Waals surface area contributed by atoms with Gasteiger partial charge in [0.15, 0.2) is 5.16 Å². The number of carbonyl (C=O) groups excluding carboxylic acids is 1. The molecule has 1 amide bonds. The Hall–Kier alpha value is -3.09. The molecule has 7 heteroatoms. The summed E-state index contributed by atoms with van der Waals surface area (Å²) < 4.78 is 1.60. The van der Waals surface area contributed by atoms with E-state index in [1.54, 1.807) is 22.8 Å². The molecule has 0 radical (unpaired) electrons. The van der Waals surface area contributed by atoms with Gasteiger partial charge in [-0.2, -0.15) is 0 Å². The van der Waals surface area contributed by atoms with Crippen LogP contribution < -0.4 is 10.9 Å². The second-order valence-corrected chi connectivity index (χ2v) is 8.95. The first-order valence-corrected chi connectivity index (χ1v) is 11.5. The maximum Gasteiger partial charge on any atom is 0.262 e. The second kappa shape index (κ2) is 9.59. The number of amides is 1. The number of para-hydroxylation sites is 1. The summed E-state index contributed by atoms with van der Waals surface area (Å²) in [5, 5.41) is 4.55. The summed E-state index contributed by atoms with van der Waals surface area (Å²) in [5.74, 6) is -0.0252. The lowest BCUT2D eigenvalue weighted by molar-refractivity contribution is -0.113. The standard InChI is InChI=1S/C25H22ClN3O2S/c1-16-10-11-20(12-17(16)2)27-23(30)15-32-25-28-22-9-4-3-8-21(22)24(31)29(25)14-18-6-5-7-19(26)13-18/h3-13H,14-15H2,1-2H3,(H,27,30). The monoisotopic (exact) mass is 463 g/mol. The van der Waals surface area contributed by atoms with Crippen LogP contribution >= 0.6 is 23.4 Å². The lowest BCUT2D eigenvalue weighted by Crippen LogP contribution is -2.25. The summed E-state index contributed by atoms with van der Waals surface area (Å²) in [7, 11) is 0. The number of halogens is 1. The fourth-order valence-electron chi connectivity index (χ4n) is 3.36. The van der Waals surface area contributed by atoms with E-state index in [1.807, 2.05) is 62.4 Å². The van der Waals surface area contributed by atoms with Crippen LogP contribution in [0.3, 0.4) is 0 Å². The van der Waals surface area contributed by atoms with E-state index >= 15 is 0 Å². The maximum absolute atomic E-state index is 13.2. The van der Waals surface area contributed by atoms with Gasteiger partial charge in [-0.05, 0) is 66.9 Å². The van der Waals surface area contributed by atoms with Crippen molar-refractivity contribution in [1.29, 1.82) is 0 Å². The van der Waals surface area contributed by atoms with E-state index in [2.05, 4.69) is 10.3 Å². The van der Waals surface area contributed by atoms with Gasteiger partial charge in [-0.3, -0.25) is 14.2 Å². The molecule has 3 aromatic carbocycles. The highest BCUT2D eigenvalue weighted by Crippen LogP contribution is 2.21. The van der Waals surface area contributed by atoms with Gasteiger partial charge >= 0.3 is 0 Å². The smallest absolute Gasteiger partial charge is 0.262 e. The number of aromatic nitrogens is 2. The zero-order valence-corrected chi connectivity index (χ0v) is 19.3. The zero-order valence-electron chi connectivity index (χ0n) is 17.8. The number of hydrogen-bond acceptors (Lipinski definition) is 4. The largest absolute Gasteiger partial charge is 0.325 e. The Balaban J connectivity index is 1.61. The van der Waals surface area contributed by atoms with E-state index in [1.165, 1.54) is 17.3 Å². The summed E-state index contributed by atoms with van der Waals surface area (Å²) in [6, 6.07) is 20.4. The molecule has 5 nitrogen and oxygen atoms in total. The van der Waals surface area contributed by atoms with Crippen molar-refractivity contribution in [2.24, 2.45) is 0 Å². The predicted molar refractivity (Wildman–Crippen MR) is 132 cm³/mol. The first-order chi connectivity index (χ1) is 15.4. The minimum absolute atomic E-state index is 0.132. The molecule has 1 heterocycles. The minimum atomic E-state index is -0.157. The molecule has 0 aliphatic carbocycles. The van der Waals surface area contributed by atoms with Crippen molar-refractivity contribution in [2.45, 2.75) is 25.5 Å². The van der Waals surface area contributed by atoms with Crippen LogP contribution in [-0.2, 0) is 11.3 Å². The topological polar surface area (TPSA) is 64.0 Å². The van der Waals surface area contributed by atoms with E-state index in [-0.39, 0.29) is 17.2 Å². The molecule has 0 unspecified atom stereocenters. The third kappa shape index (κ3) is 5.03. The summed E-state index contributed by atoms with van der Waals surface area (Å²) in [5.41, 5.74) is 4.38. The number of benzene rings is 3. The van der Waals surface area contributed by atoms with Crippen molar-refractivity contribution in [3.05, 3.63) is 98.8 Å². The molecule has 0 saturated carbocycles. The summed E-state index contributed by atoms with van der Waals surface area (Å²) >= 11 is 7.37. The Morgan fingerprint density at radius 1 is 1.03 bits per heavy atom. The molecule has 1 N–H and O–H groups in total. The van der Waals surface area contributed by atoms with Crippen molar-refractivity contribution < 1.29 is 4.79 Å². The Morgan fingerprint density at radius 2 is 1.84 bits per heavy atom. The highest BCUT2D eigenvalue weighted by atomic mass is 35.5. The van der Waals surface area contributed by atoms with Gasteiger partial charge in [-0.25, -0.2) is 4.98 Å². The third-order valence-corrected chi connectivity index (χ3v) is 6.39. The van der Waals surface area contributed by atoms with Gasteiger partial charge in [0.1, 0.15) is 0 Å². The maximum atomic E-state index is 13.2. The fraction of sp³-hybridized carbons (Fsp3) is 0.160. The number of hydrogen-bond donors (Lipinski definition) is 1. The van der Waals surface area contributed by atoms with Crippen LogP contribution in [0.4, 0.5) is 5.69 Å². The van der Waals surface area contributed by atoms with Gasteiger partial charge in [0.25, 0.3) is 5.56 Å². The second-order valence-electron chi connectivity index (χ2n) is 7.57. The number of carbonyl (C=O) groups is 1. The average Bonchev–Trinajstić information content (AvgIpc) is 2.77. The lowest BCUT2D eigenvalue weighted by Gasteiger charge is -2.14. The first kappa shape index (κ1) is 22.1. The van der Waals surface area contributed by atoms with Gasteiger partial charge in [0, 0.05) is 10.7 Å². The van der Waals surface area contributed by atoms with E-state index in [4.69, 9.17) is 11.6 Å². The molecule has 4 rings (SSSR count). The van der Waals surface area contributed by atoms with Crippen molar-refractivity contribution in [3.8, 4) is 0 Å². The van der Waals surface area contributed by atoms with Crippen LogP contribution in [0.1, 0.15) is 16.7 Å². The summed E-state index contributed by atoms with van der Waals surface area (Å²) in [6.07, 6.45) is 0. The molecule has 32 heavy (non-hydrogen) atoms. The molecular weight excluding hydrogens is 442 g/mol. The number of rotatable bonds is 6. The number of anilines is 1. The molecule has 162 valence electrons. The molecule has 0 aliphatic heterocycles. The molecule has 0 spiro atoms. The van der Waals surface area contributed by atoms with E-state index < -0.39 is 0 Å². The number of aryl methyl sites for hydroxylation is 2. The molecule has 0 atom stereocenters. The van der Waals surface area contributed by atoms with Crippen molar-refractivity contribution >= 4 is 45.9 Å². The van der Waals surface area contributed by atoms with Crippen molar-refractivity contribution in [3.63, 3.8) is 0 Å². The summed E-state index contributed by atoms with van der Waals surface area (Å²) in [4.78, 5) is 30.5. The molecule has 1 aromatic heterocycles. The average molecular weight is 464 g/mol. The number of fused-ring (bicyclic) bond motifs is 1. The van der Waals surface area contributed by atoms with Crippen LogP contribution in [0.5, 0.6) is 0 Å².